The van der Waals surface area contributed by atoms with Gasteiger partial charge in [-0.05, 0) is 56.6 Å². The largest absolute Gasteiger partial charge is 0.497 e. The summed E-state index contributed by atoms with van der Waals surface area (Å²) in [4.78, 5) is 18.6. The van der Waals surface area contributed by atoms with Crippen molar-refractivity contribution >= 4 is 35.9 Å². The summed E-state index contributed by atoms with van der Waals surface area (Å²) in [6.45, 7) is 5.06. The van der Waals surface area contributed by atoms with Gasteiger partial charge in [0.15, 0.2) is 5.96 Å². The minimum absolute atomic E-state index is 0. The number of nitrogens with zero attached hydrogens (tertiary/aromatic N) is 2. The van der Waals surface area contributed by atoms with Crippen molar-refractivity contribution in [2.45, 2.75) is 32.4 Å². The molecule has 0 saturated carbocycles. The number of nitrogens with one attached hydrogen (secondary N) is 2. The van der Waals surface area contributed by atoms with Crippen molar-refractivity contribution in [3.63, 3.8) is 0 Å². The van der Waals surface area contributed by atoms with Gasteiger partial charge in [0.25, 0.3) is 0 Å². The first-order valence-corrected chi connectivity index (χ1v) is 10.6. The summed E-state index contributed by atoms with van der Waals surface area (Å²) in [5, 5.41) is 6.69. The van der Waals surface area contributed by atoms with E-state index in [2.05, 4.69) is 32.7 Å². The standard InChI is InChI=1S/C23H32N4O4.HI/c1-16-20(22(28)30-4)13-19(31-16)14-25-23(24-2)26-15-21(27-11-5-6-12-27)17-7-9-18(29-3)10-8-17;/h7-10,13,21H,5-6,11-12,14-15H2,1-4H3,(H2,24,25,26);1H. The number of carbonyl (C=O) groups excluding carboxylic acids is 1. The van der Waals surface area contributed by atoms with E-state index in [0.717, 1.165) is 25.4 Å². The lowest BCUT2D eigenvalue weighted by Gasteiger charge is -2.29. The second kappa shape index (κ2) is 12.7. The predicted octanol–water partition coefficient (Wildman–Crippen LogP) is 3.50. The average Bonchev–Trinajstić information content (AvgIpc) is 3.46. The Morgan fingerprint density at radius 3 is 2.47 bits per heavy atom. The van der Waals surface area contributed by atoms with Crippen LogP contribution in [0, 0.1) is 6.92 Å². The van der Waals surface area contributed by atoms with Crippen molar-refractivity contribution in [2.75, 3.05) is 40.9 Å². The molecule has 1 aliphatic rings. The number of aryl methyl sites for hydroxylation is 1. The van der Waals surface area contributed by atoms with Crippen LogP contribution in [-0.2, 0) is 11.3 Å². The highest BCUT2D eigenvalue weighted by Crippen LogP contribution is 2.26. The highest BCUT2D eigenvalue weighted by atomic mass is 127. The molecule has 9 heteroatoms. The van der Waals surface area contributed by atoms with Crippen LogP contribution in [0.3, 0.4) is 0 Å². The van der Waals surface area contributed by atoms with E-state index in [4.69, 9.17) is 13.9 Å². The Hall–Kier alpha value is -2.27. The van der Waals surface area contributed by atoms with Gasteiger partial charge in [0.05, 0.1) is 26.8 Å². The Bertz CT molecular complexity index is 892. The Kier molecular flexibility index (Phi) is 10.3. The van der Waals surface area contributed by atoms with Crippen LogP contribution in [0.5, 0.6) is 5.75 Å². The molecule has 0 radical (unpaired) electrons. The van der Waals surface area contributed by atoms with Crippen molar-refractivity contribution in [3.8, 4) is 5.75 Å². The first-order valence-electron chi connectivity index (χ1n) is 10.6. The van der Waals surface area contributed by atoms with Crippen LogP contribution in [0.15, 0.2) is 39.7 Å². The number of ether oxygens (including phenoxy) is 2. The van der Waals surface area contributed by atoms with Crippen molar-refractivity contribution in [1.82, 2.24) is 15.5 Å². The maximum atomic E-state index is 11.8. The van der Waals surface area contributed by atoms with Crippen LogP contribution in [0.1, 0.15) is 46.3 Å². The molecule has 3 rings (SSSR count). The van der Waals surface area contributed by atoms with E-state index >= 15 is 0 Å². The fraction of sp³-hybridized carbons (Fsp3) is 0.478. The van der Waals surface area contributed by atoms with Crippen LogP contribution in [0.25, 0.3) is 0 Å². The summed E-state index contributed by atoms with van der Waals surface area (Å²) in [5.74, 6) is 2.32. The van der Waals surface area contributed by atoms with Gasteiger partial charge in [0.1, 0.15) is 22.8 Å². The summed E-state index contributed by atoms with van der Waals surface area (Å²) >= 11 is 0. The molecule has 0 bridgehead atoms. The zero-order valence-electron chi connectivity index (χ0n) is 19.1. The highest BCUT2D eigenvalue weighted by Gasteiger charge is 2.24. The van der Waals surface area contributed by atoms with Crippen molar-refractivity contribution in [3.05, 3.63) is 53.0 Å². The maximum absolute atomic E-state index is 11.8. The van der Waals surface area contributed by atoms with Gasteiger partial charge >= 0.3 is 5.97 Å². The fourth-order valence-electron chi connectivity index (χ4n) is 3.87. The van der Waals surface area contributed by atoms with E-state index < -0.39 is 5.97 Å². The minimum atomic E-state index is -0.400. The third-order valence-corrected chi connectivity index (χ3v) is 5.57. The van der Waals surface area contributed by atoms with Gasteiger partial charge in [0, 0.05) is 13.6 Å². The van der Waals surface area contributed by atoms with Gasteiger partial charge in [0.2, 0.25) is 0 Å². The van der Waals surface area contributed by atoms with Gasteiger partial charge in [-0.15, -0.1) is 24.0 Å². The van der Waals surface area contributed by atoms with Gasteiger partial charge in [-0.1, -0.05) is 12.1 Å². The van der Waals surface area contributed by atoms with Crippen molar-refractivity contribution < 1.29 is 18.7 Å². The van der Waals surface area contributed by atoms with Crippen LogP contribution in [-0.4, -0.2) is 57.7 Å². The summed E-state index contributed by atoms with van der Waals surface area (Å²) < 4.78 is 15.7. The fourth-order valence-corrected chi connectivity index (χ4v) is 3.87. The first kappa shape index (κ1) is 26.0. The molecule has 176 valence electrons. The summed E-state index contributed by atoms with van der Waals surface area (Å²) in [6, 6.07) is 10.2. The molecule has 0 spiro atoms. The van der Waals surface area contributed by atoms with Crippen LogP contribution in [0.2, 0.25) is 0 Å². The molecule has 2 N–H and O–H groups in total. The number of methoxy groups -OCH3 is 2. The Balaban J connectivity index is 0.00000363. The quantitative estimate of drug-likeness (QED) is 0.223. The molecule has 1 aromatic heterocycles. The molecule has 32 heavy (non-hydrogen) atoms. The third-order valence-electron chi connectivity index (χ3n) is 5.57. The molecule has 1 fully saturated rings. The molecular formula is C23H33IN4O4. The number of rotatable bonds is 8. The number of hydrogen-bond acceptors (Lipinski definition) is 6. The molecule has 0 aliphatic carbocycles. The van der Waals surface area contributed by atoms with E-state index in [9.17, 15) is 4.79 Å². The maximum Gasteiger partial charge on any atom is 0.341 e. The lowest BCUT2D eigenvalue weighted by molar-refractivity contribution is 0.0599. The van der Waals surface area contributed by atoms with E-state index in [0.29, 0.717) is 29.6 Å². The summed E-state index contributed by atoms with van der Waals surface area (Å²) in [7, 11) is 4.78. The first-order chi connectivity index (χ1) is 15.0. The lowest BCUT2D eigenvalue weighted by atomic mass is 10.1. The number of esters is 1. The number of aliphatic imine (C=N–C) groups is 1. The Morgan fingerprint density at radius 2 is 1.88 bits per heavy atom. The smallest absolute Gasteiger partial charge is 0.341 e. The minimum Gasteiger partial charge on any atom is -0.497 e. The molecule has 0 amide bonds. The monoisotopic (exact) mass is 556 g/mol. The third kappa shape index (κ3) is 6.61. The number of likely N-dealkylation sites (tertiary alicyclic amines) is 1. The van der Waals surface area contributed by atoms with Crippen LogP contribution >= 0.6 is 24.0 Å². The van der Waals surface area contributed by atoms with Crippen LogP contribution < -0.4 is 15.4 Å². The molecule has 1 aromatic carbocycles. The van der Waals surface area contributed by atoms with Crippen molar-refractivity contribution in [1.29, 1.82) is 0 Å². The topological polar surface area (TPSA) is 88.3 Å². The molecule has 1 aliphatic heterocycles. The Labute approximate surface area is 206 Å². The summed E-state index contributed by atoms with van der Waals surface area (Å²) in [5.41, 5.74) is 1.69. The zero-order valence-corrected chi connectivity index (χ0v) is 21.5. The number of furan rings is 1. The normalized spacial score (nSPS) is 15.1. The van der Waals surface area contributed by atoms with Gasteiger partial charge in [-0.25, -0.2) is 4.79 Å². The predicted molar refractivity (Wildman–Crippen MR) is 135 cm³/mol. The molecule has 8 nitrogen and oxygen atoms in total. The molecule has 2 aromatic rings. The Morgan fingerprint density at radius 1 is 1.19 bits per heavy atom. The van der Waals surface area contributed by atoms with E-state index in [-0.39, 0.29) is 30.0 Å². The lowest BCUT2D eigenvalue weighted by Crippen LogP contribution is -2.42. The number of carbonyl (C=O) groups is 1. The molecule has 1 unspecified atom stereocenters. The summed E-state index contributed by atoms with van der Waals surface area (Å²) in [6.07, 6.45) is 2.44. The molecule has 1 atom stereocenters. The average molecular weight is 556 g/mol. The molecule has 2 heterocycles. The highest BCUT2D eigenvalue weighted by molar-refractivity contribution is 14.0. The van der Waals surface area contributed by atoms with E-state index in [1.165, 1.54) is 25.5 Å². The molecule has 1 saturated heterocycles. The number of benzene rings is 1. The van der Waals surface area contributed by atoms with Gasteiger partial charge < -0.3 is 24.5 Å². The SMILES string of the molecule is CN=C(NCc1cc(C(=O)OC)c(C)o1)NCC(c1ccc(OC)cc1)N1CCCC1.I. The second-order valence-corrected chi connectivity index (χ2v) is 7.51. The zero-order chi connectivity index (χ0) is 22.2. The van der Waals surface area contributed by atoms with Gasteiger partial charge in [-0.3, -0.25) is 9.89 Å². The van der Waals surface area contributed by atoms with Crippen LogP contribution in [0.4, 0.5) is 0 Å². The van der Waals surface area contributed by atoms with E-state index in [1.807, 2.05) is 12.1 Å². The number of halogens is 1. The second-order valence-electron chi connectivity index (χ2n) is 7.51. The number of guanidine groups is 1. The van der Waals surface area contributed by atoms with Gasteiger partial charge in [-0.2, -0.15) is 0 Å². The number of hydrogen-bond donors (Lipinski definition) is 2. The molecular weight excluding hydrogens is 523 g/mol. The van der Waals surface area contributed by atoms with E-state index in [1.54, 1.807) is 27.1 Å². The van der Waals surface area contributed by atoms with Crippen molar-refractivity contribution in [2.24, 2.45) is 4.99 Å².